The first-order valence-electron chi connectivity index (χ1n) is 5.87. The highest BCUT2D eigenvalue weighted by Gasteiger charge is 2.04. The van der Waals surface area contributed by atoms with E-state index in [1.54, 1.807) is 31.2 Å². The molecule has 0 aliphatic rings. The van der Waals surface area contributed by atoms with Crippen LogP contribution in [0.4, 0.5) is 0 Å². The Balaban J connectivity index is 3.50. The maximum Gasteiger partial charge on any atom is 0.230 e. The van der Waals surface area contributed by atoms with Gasteiger partial charge in [0, 0.05) is 5.70 Å². The minimum Gasteiger partial charge on any atom is -0.492 e. The van der Waals surface area contributed by atoms with Crippen molar-refractivity contribution in [3.63, 3.8) is 0 Å². The van der Waals surface area contributed by atoms with E-state index in [1.807, 2.05) is 13.0 Å². The van der Waals surface area contributed by atoms with E-state index in [1.165, 1.54) is 0 Å². The van der Waals surface area contributed by atoms with Gasteiger partial charge in [-0.1, -0.05) is 13.0 Å². The van der Waals surface area contributed by atoms with Crippen LogP contribution in [0.15, 0.2) is 23.4 Å². The molecule has 1 heterocycles. The van der Waals surface area contributed by atoms with Crippen LogP contribution in [0, 0.1) is 22.7 Å². The van der Waals surface area contributed by atoms with Gasteiger partial charge in [0.05, 0.1) is 4.53 Å². The lowest BCUT2D eigenvalue weighted by Gasteiger charge is -1.94. The van der Waals surface area contributed by atoms with Crippen molar-refractivity contribution in [2.45, 2.75) is 20.3 Å². The van der Waals surface area contributed by atoms with Gasteiger partial charge in [0.2, 0.25) is 5.88 Å². The van der Waals surface area contributed by atoms with Crippen molar-refractivity contribution < 1.29 is 5.11 Å². The van der Waals surface area contributed by atoms with Gasteiger partial charge in [-0.2, -0.15) is 15.5 Å². The zero-order valence-electron chi connectivity index (χ0n) is 11.2. The summed E-state index contributed by atoms with van der Waals surface area (Å²) in [4.78, 5) is 3.83. The number of allylic oxidation sites excluding steroid dienone is 4. The number of nitriles is 2. The topological polar surface area (TPSA) is 107 Å². The summed E-state index contributed by atoms with van der Waals surface area (Å²) in [7, 11) is 0. The van der Waals surface area contributed by atoms with Crippen LogP contribution < -0.4 is 14.9 Å². The predicted molar refractivity (Wildman–Crippen MR) is 78.4 cm³/mol. The first-order valence-corrected chi connectivity index (χ1v) is 6.69. The van der Waals surface area contributed by atoms with Crippen LogP contribution in [0.1, 0.15) is 20.3 Å². The Bertz CT molecular complexity index is 737. The number of nitrogens with two attached hydrogens (primary N) is 1. The lowest BCUT2D eigenvalue weighted by Crippen LogP contribution is -2.00. The van der Waals surface area contributed by atoms with Gasteiger partial charge in [-0.25, -0.2) is 0 Å². The van der Waals surface area contributed by atoms with Crippen LogP contribution in [0.25, 0.3) is 11.6 Å². The molecule has 0 saturated carbocycles. The van der Waals surface area contributed by atoms with Crippen molar-refractivity contribution in [2.24, 2.45) is 5.73 Å². The van der Waals surface area contributed by atoms with E-state index in [9.17, 15) is 5.11 Å². The number of thiazole rings is 1. The quantitative estimate of drug-likeness (QED) is 0.807. The number of aromatic nitrogens is 1. The van der Waals surface area contributed by atoms with E-state index >= 15 is 0 Å². The molecule has 1 aromatic heterocycles. The van der Waals surface area contributed by atoms with Gasteiger partial charge in [0.1, 0.15) is 16.8 Å². The summed E-state index contributed by atoms with van der Waals surface area (Å²) in [6, 6.07) is 3.50. The fourth-order valence-electron chi connectivity index (χ4n) is 1.45. The van der Waals surface area contributed by atoms with E-state index < -0.39 is 0 Å². The average Bonchev–Trinajstić information content (AvgIpc) is 2.72. The molecule has 6 heteroatoms. The molecule has 0 aliphatic heterocycles. The normalized spacial score (nSPS) is 12.9. The lowest BCUT2D eigenvalue weighted by atomic mass is 10.2. The fourth-order valence-corrected chi connectivity index (χ4v) is 2.32. The molecule has 0 radical (unpaired) electrons. The molecule has 0 amide bonds. The molecule has 0 spiro atoms. The Morgan fingerprint density at radius 1 is 1.45 bits per heavy atom. The Kier molecular flexibility index (Phi) is 5.52. The minimum absolute atomic E-state index is 0.114. The zero-order chi connectivity index (χ0) is 15.1. The van der Waals surface area contributed by atoms with E-state index in [0.717, 1.165) is 23.3 Å². The van der Waals surface area contributed by atoms with Crippen LogP contribution in [0.3, 0.4) is 0 Å². The summed E-state index contributed by atoms with van der Waals surface area (Å²) >= 11 is 1.09. The van der Waals surface area contributed by atoms with Crippen molar-refractivity contribution in [2.75, 3.05) is 0 Å². The molecule has 5 nitrogen and oxygen atoms in total. The third-order valence-electron chi connectivity index (χ3n) is 2.20. The highest BCUT2D eigenvalue weighted by atomic mass is 32.1. The van der Waals surface area contributed by atoms with Gasteiger partial charge >= 0.3 is 0 Å². The number of hydrogen-bond acceptors (Lipinski definition) is 6. The maximum absolute atomic E-state index is 9.78. The molecular formula is C14H14N4OS. The summed E-state index contributed by atoms with van der Waals surface area (Å²) in [6.45, 7) is 3.76. The first kappa shape index (κ1) is 15.5. The van der Waals surface area contributed by atoms with E-state index in [2.05, 4.69) is 4.98 Å². The van der Waals surface area contributed by atoms with Gasteiger partial charge in [-0.3, -0.25) is 0 Å². The molecule has 1 aromatic rings. The SMILES string of the molecule is CC/C=C(\C=C(\C)N)/C=c1/sc(=C(C#N)C#N)nc1O. The van der Waals surface area contributed by atoms with Gasteiger partial charge in [0.25, 0.3) is 0 Å². The van der Waals surface area contributed by atoms with Crippen LogP contribution in [-0.4, -0.2) is 10.1 Å². The standard InChI is InChI=1S/C14H14N4OS/c1-3-4-10(5-9(2)17)6-12-13(19)18-14(20-12)11(7-15)8-16/h4-6H,3,17H2,1-2H3,(H,18,19)/b9-5-,10-4+,12-6+. The number of hydrogen-bond donors (Lipinski definition) is 2. The van der Waals surface area contributed by atoms with Crippen molar-refractivity contribution in [3.8, 4) is 18.0 Å². The Labute approximate surface area is 120 Å². The molecule has 0 saturated heterocycles. The van der Waals surface area contributed by atoms with Crippen molar-refractivity contribution in [1.29, 1.82) is 10.5 Å². The summed E-state index contributed by atoms with van der Waals surface area (Å²) in [6.07, 6.45) is 6.27. The molecule has 3 N–H and O–H groups in total. The molecule has 1 rings (SSSR count). The smallest absolute Gasteiger partial charge is 0.230 e. The van der Waals surface area contributed by atoms with Gasteiger partial charge in [-0.05, 0) is 31.1 Å². The van der Waals surface area contributed by atoms with Gasteiger partial charge in [-0.15, -0.1) is 11.3 Å². The summed E-state index contributed by atoms with van der Waals surface area (Å²) < 4.78 is 0.697. The highest BCUT2D eigenvalue weighted by Crippen LogP contribution is 2.06. The molecule has 0 fully saturated rings. The molecule has 20 heavy (non-hydrogen) atoms. The second kappa shape index (κ2) is 7.13. The number of aromatic hydroxyl groups is 1. The Morgan fingerprint density at radius 2 is 2.10 bits per heavy atom. The summed E-state index contributed by atoms with van der Waals surface area (Å²) in [5, 5.41) is 27.4. The van der Waals surface area contributed by atoms with E-state index in [0.29, 0.717) is 10.2 Å². The third-order valence-corrected chi connectivity index (χ3v) is 3.21. The van der Waals surface area contributed by atoms with Crippen molar-refractivity contribution in [3.05, 3.63) is 32.6 Å². The maximum atomic E-state index is 9.78. The Morgan fingerprint density at radius 3 is 2.60 bits per heavy atom. The molecule has 102 valence electrons. The van der Waals surface area contributed by atoms with Crippen molar-refractivity contribution >= 4 is 23.0 Å². The van der Waals surface area contributed by atoms with Crippen LogP contribution >= 0.6 is 11.3 Å². The second-order valence-electron chi connectivity index (χ2n) is 3.95. The molecule has 0 aliphatic carbocycles. The Hall–Kier alpha value is -2.57. The second-order valence-corrected chi connectivity index (χ2v) is 4.98. The lowest BCUT2D eigenvalue weighted by molar-refractivity contribution is 0.452. The molecule has 0 atom stereocenters. The zero-order valence-corrected chi connectivity index (χ0v) is 12.0. The average molecular weight is 286 g/mol. The summed E-state index contributed by atoms with van der Waals surface area (Å²) in [5.74, 6) is -0.196. The molecule has 0 bridgehead atoms. The summed E-state index contributed by atoms with van der Waals surface area (Å²) in [5.41, 5.74) is 7.02. The molecule has 0 unspecified atom stereocenters. The number of nitrogens with zero attached hydrogens (tertiary/aromatic N) is 3. The van der Waals surface area contributed by atoms with Gasteiger partial charge < -0.3 is 10.8 Å². The van der Waals surface area contributed by atoms with E-state index in [-0.39, 0.29) is 16.1 Å². The van der Waals surface area contributed by atoms with Crippen molar-refractivity contribution in [1.82, 2.24) is 4.98 Å². The van der Waals surface area contributed by atoms with Crippen LogP contribution in [0.2, 0.25) is 0 Å². The molecular weight excluding hydrogens is 272 g/mol. The first-order chi connectivity index (χ1) is 9.51. The minimum atomic E-state index is -0.196. The fraction of sp³-hybridized carbons (Fsp3) is 0.214. The number of rotatable bonds is 3. The van der Waals surface area contributed by atoms with Crippen LogP contribution in [0.5, 0.6) is 5.88 Å². The van der Waals surface area contributed by atoms with Crippen LogP contribution in [-0.2, 0) is 0 Å². The predicted octanol–water partition coefficient (Wildman–Crippen LogP) is 1.03. The van der Waals surface area contributed by atoms with Gasteiger partial charge in [0.15, 0.2) is 5.57 Å². The monoisotopic (exact) mass is 286 g/mol. The third kappa shape index (κ3) is 3.98. The largest absolute Gasteiger partial charge is 0.492 e. The molecule has 0 aromatic carbocycles. The van der Waals surface area contributed by atoms with E-state index in [4.69, 9.17) is 16.3 Å². The highest BCUT2D eigenvalue weighted by molar-refractivity contribution is 7.07.